The van der Waals surface area contributed by atoms with E-state index in [-0.39, 0.29) is 6.29 Å². The highest BCUT2D eigenvalue weighted by Gasteiger charge is 2.08. The van der Waals surface area contributed by atoms with Crippen molar-refractivity contribution in [3.63, 3.8) is 0 Å². The average molecular weight is 218 g/mol. The zero-order chi connectivity index (χ0) is 11.5. The Morgan fingerprint density at radius 2 is 1.67 bits per heavy atom. The summed E-state index contributed by atoms with van der Waals surface area (Å²) in [7, 11) is 3.26. The zero-order valence-electron chi connectivity index (χ0n) is 10.6. The highest BCUT2D eigenvalue weighted by molar-refractivity contribution is 4.52. The SMILES string of the molecule is CCCCCCC(C)OCC(OC)OC. The van der Waals surface area contributed by atoms with E-state index in [1.54, 1.807) is 14.2 Å². The van der Waals surface area contributed by atoms with Crippen LogP contribution in [-0.4, -0.2) is 33.2 Å². The molecule has 15 heavy (non-hydrogen) atoms. The normalized spacial score (nSPS) is 13.4. The van der Waals surface area contributed by atoms with Crippen LogP contribution in [0.5, 0.6) is 0 Å². The van der Waals surface area contributed by atoms with Gasteiger partial charge in [0.15, 0.2) is 6.29 Å². The van der Waals surface area contributed by atoms with E-state index in [1.807, 2.05) is 0 Å². The fraction of sp³-hybridized carbons (Fsp3) is 1.00. The second-order valence-electron chi connectivity index (χ2n) is 3.89. The molecule has 0 aliphatic rings. The summed E-state index contributed by atoms with van der Waals surface area (Å²) in [4.78, 5) is 0. The van der Waals surface area contributed by atoms with Crippen LogP contribution < -0.4 is 0 Å². The molecule has 0 fully saturated rings. The Bertz CT molecular complexity index is 124. The first-order chi connectivity index (χ1) is 7.24. The van der Waals surface area contributed by atoms with Gasteiger partial charge in [-0.25, -0.2) is 0 Å². The molecule has 0 aromatic heterocycles. The molecule has 1 atom stereocenters. The lowest BCUT2D eigenvalue weighted by Crippen LogP contribution is -2.23. The molecule has 0 aromatic rings. The number of unbranched alkanes of at least 4 members (excludes halogenated alkanes) is 3. The van der Waals surface area contributed by atoms with E-state index in [0.29, 0.717) is 12.7 Å². The van der Waals surface area contributed by atoms with E-state index >= 15 is 0 Å². The summed E-state index contributed by atoms with van der Waals surface area (Å²) in [5, 5.41) is 0. The van der Waals surface area contributed by atoms with Crippen LogP contribution in [-0.2, 0) is 14.2 Å². The van der Waals surface area contributed by atoms with Crippen molar-refractivity contribution in [3.05, 3.63) is 0 Å². The van der Waals surface area contributed by atoms with E-state index in [1.165, 1.54) is 25.7 Å². The van der Waals surface area contributed by atoms with Crippen LogP contribution in [0.4, 0.5) is 0 Å². The van der Waals surface area contributed by atoms with E-state index in [4.69, 9.17) is 14.2 Å². The van der Waals surface area contributed by atoms with Gasteiger partial charge in [0.05, 0.1) is 12.7 Å². The molecule has 0 aliphatic carbocycles. The minimum atomic E-state index is -0.233. The smallest absolute Gasteiger partial charge is 0.180 e. The van der Waals surface area contributed by atoms with Crippen LogP contribution in [0.2, 0.25) is 0 Å². The Morgan fingerprint density at radius 1 is 1.00 bits per heavy atom. The first-order valence-electron chi connectivity index (χ1n) is 5.91. The predicted octanol–water partition coefficient (Wildman–Crippen LogP) is 2.98. The largest absolute Gasteiger partial charge is 0.373 e. The standard InChI is InChI=1S/C12H26O3/c1-5-6-7-8-9-11(2)15-10-12(13-3)14-4/h11-12H,5-10H2,1-4H3. The van der Waals surface area contributed by atoms with Gasteiger partial charge in [-0.15, -0.1) is 0 Å². The van der Waals surface area contributed by atoms with Gasteiger partial charge in [0.2, 0.25) is 0 Å². The second-order valence-corrected chi connectivity index (χ2v) is 3.89. The van der Waals surface area contributed by atoms with Crippen LogP contribution in [0.25, 0.3) is 0 Å². The van der Waals surface area contributed by atoms with Crippen molar-refractivity contribution >= 4 is 0 Å². The number of ether oxygens (including phenoxy) is 3. The molecule has 0 heterocycles. The maximum atomic E-state index is 5.62. The first kappa shape index (κ1) is 14.9. The van der Waals surface area contributed by atoms with Crippen LogP contribution >= 0.6 is 0 Å². The molecule has 3 nitrogen and oxygen atoms in total. The van der Waals surface area contributed by atoms with Crippen molar-refractivity contribution in [1.82, 2.24) is 0 Å². The van der Waals surface area contributed by atoms with E-state index in [2.05, 4.69) is 13.8 Å². The molecule has 0 N–H and O–H groups in total. The van der Waals surface area contributed by atoms with Crippen LogP contribution in [0.15, 0.2) is 0 Å². The summed E-state index contributed by atoms with van der Waals surface area (Å²) >= 11 is 0. The lowest BCUT2D eigenvalue weighted by Gasteiger charge is -2.17. The molecule has 0 amide bonds. The van der Waals surface area contributed by atoms with Crippen LogP contribution in [0.3, 0.4) is 0 Å². The van der Waals surface area contributed by atoms with Gasteiger partial charge in [0, 0.05) is 14.2 Å². The Labute approximate surface area is 94.1 Å². The van der Waals surface area contributed by atoms with E-state index in [9.17, 15) is 0 Å². The summed E-state index contributed by atoms with van der Waals surface area (Å²) in [5.41, 5.74) is 0. The third-order valence-electron chi connectivity index (χ3n) is 2.51. The van der Waals surface area contributed by atoms with Crippen LogP contribution in [0, 0.1) is 0 Å². The molecule has 0 aromatic carbocycles. The molecule has 92 valence electrons. The molecule has 3 heteroatoms. The lowest BCUT2D eigenvalue weighted by atomic mass is 10.1. The molecule has 0 radical (unpaired) electrons. The van der Waals surface area contributed by atoms with E-state index in [0.717, 1.165) is 6.42 Å². The quantitative estimate of drug-likeness (QED) is 0.417. The third-order valence-corrected chi connectivity index (χ3v) is 2.51. The molecule has 0 rings (SSSR count). The molecule has 0 saturated heterocycles. The first-order valence-corrected chi connectivity index (χ1v) is 5.91. The van der Waals surface area contributed by atoms with Crippen molar-refractivity contribution in [2.75, 3.05) is 20.8 Å². The van der Waals surface area contributed by atoms with Crippen molar-refractivity contribution < 1.29 is 14.2 Å². The van der Waals surface area contributed by atoms with Gasteiger partial charge in [-0.05, 0) is 13.3 Å². The maximum absolute atomic E-state index is 5.62. The monoisotopic (exact) mass is 218 g/mol. The number of hydrogen-bond donors (Lipinski definition) is 0. The van der Waals surface area contributed by atoms with Gasteiger partial charge < -0.3 is 14.2 Å². The summed E-state index contributed by atoms with van der Waals surface area (Å²) in [6.07, 6.45) is 6.36. The van der Waals surface area contributed by atoms with Crippen molar-refractivity contribution in [2.24, 2.45) is 0 Å². The molecule has 0 saturated carbocycles. The summed E-state index contributed by atoms with van der Waals surface area (Å²) in [5.74, 6) is 0. The third kappa shape index (κ3) is 8.85. The van der Waals surface area contributed by atoms with Crippen LogP contribution in [0.1, 0.15) is 46.0 Å². The Hall–Kier alpha value is -0.120. The van der Waals surface area contributed by atoms with Crippen molar-refractivity contribution in [1.29, 1.82) is 0 Å². The number of rotatable bonds is 10. The van der Waals surface area contributed by atoms with E-state index < -0.39 is 0 Å². The Morgan fingerprint density at radius 3 is 2.20 bits per heavy atom. The van der Waals surface area contributed by atoms with Gasteiger partial charge in [-0.3, -0.25) is 0 Å². The van der Waals surface area contributed by atoms with Crippen molar-refractivity contribution in [3.8, 4) is 0 Å². The average Bonchev–Trinajstić information content (AvgIpc) is 2.26. The lowest BCUT2D eigenvalue weighted by molar-refractivity contribution is -0.150. The molecule has 0 spiro atoms. The Balaban J connectivity index is 3.35. The van der Waals surface area contributed by atoms with Gasteiger partial charge in [0.25, 0.3) is 0 Å². The van der Waals surface area contributed by atoms with Gasteiger partial charge in [-0.1, -0.05) is 32.6 Å². The molecule has 1 unspecified atom stereocenters. The highest BCUT2D eigenvalue weighted by atomic mass is 16.7. The van der Waals surface area contributed by atoms with Gasteiger partial charge in [0.1, 0.15) is 0 Å². The molecular formula is C12H26O3. The predicted molar refractivity (Wildman–Crippen MR) is 62.0 cm³/mol. The fourth-order valence-electron chi connectivity index (χ4n) is 1.42. The minimum Gasteiger partial charge on any atom is -0.373 e. The molecular weight excluding hydrogens is 192 g/mol. The number of hydrogen-bond acceptors (Lipinski definition) is 3. The maximum Gasteiger partial charge on any atom is 0.180 e. The fourth-order valence-corrected chi connectivity index (χ4v) is 1.42. The second kappa shape index (κ2) is 10.4. The minimum absolute atomic E-state index is 0.233. The molecule has 0 aliphatic heterocycles. The van der Waals surface area contributed by atoms with Gasteiger partial charge >= 0.3 is 0 Å². The summed E-state index contributed by atoms with van der Waals surface area (Å²) in [6, 6.07) is 0. The topological polar surface area (TPSA) is 27.7 Å². The summed E-state index contributed by atoms with van der Waals surface area (Å²) < 4.78 is 15.7. The summed E-state index contributed by atoms with van der Waals surface area (Å²) in [6.45, 7) is 4.85. The molecule has 0 bridgehead atoms. The highest BCUT2D eigenvalue weighted by Crippen LogP contribution is 2.08. The number of methoxy groups -OCH3 is 2. The van der Waals surface area contributed by atoms with Crippen molar-refractivity contribution in [2.45, 2.75) is 58.3 Å². The van der Waals surface area contributed by atoms with Gasteiger partial charge in [-0.2, -0.15) is 0 Å². The Kier molecular flexibility index (Phi) is 10.3. The zero-order valence-corrected chi connectivity index (χ0v) is 10.6.